The van der Waals surface area contributed by atoms with Gasteiger partial charge < -0.3 is 24.8 Å². The minimum atomic E-state index is -1.26. The maximum atomic E-state index is 13.2. The topological polar surface area (TPSA) is 129 Å². The minimum absolute atomic E-state index is 0.0860. The van der Waals surface area contributed by atoms with Crippen molar-refractivity contribution in [1.29, 1.82) is 0 Å². The van der Waals surface area contributed by atoms with E-state index < -0.39 is 35.6 Å². The number of aliphatic hydroxyl groups is 3. The summed E-state index contributed by atoms with van der Waals surface area (Å²) in [7, 11) is 0. The van der Waals surface area contributed by atoms with Gasteiger partial charge in [0.2, 0.25) is 0 Å². The van der Waals surface area contributed by atoms with E-state index in [-0.39, 0.29) is 36.4 Å². The Bertz CT molecular complexity index is 973. The first kappa shape index (κ1) is 28.9. The zero-order valence-electron chi connectivity index (χ0n) is 22.2. The van der Waals surface area contributed by atoms with Crippen molar-refractivity contribution >= 4 is 29.2 Å². The quantitative estimate of drug-likeness (QED) is 0.404. The molecule has 2 aliphatic heterocycles. The zero-order chi connectivity index (χ0) is 26.8. The average Bonchev–Trinajstić information content (AvgIpc) is 3.23. The molecule has 3 rings (SSSR count). The van der Waals surface area contributed by atoms with Crippen LogP contribution in [0.4, 0.5) is 0 Å². The summed E-state index contributed by atoms with van der Waals surface area (Å²) in [6, 6.07) is 0. The van der Waals surface area contributed by atoms with Gasteiger partial charge in [-0.25, -0.2) is 4.98 Å². The van der Waals surface area contributed by atoms with E-state index in [0.29, 0.717) is 17.1 Å². The van der Waals surface area contributed by atoms with E-state index in [0.717, 1.165) is 24.8 Å². The van der Waals surface area contributed by atoms with Crippen molar-refractivity contribution in [3.05, 3.63) is 21.7 Å². The molecule has 7 atom stereocenters. The summed E-state index contributed by atoms with van der Waals surface area (Å²) in [5.41, 5.74) is -0.0964. The Hall–Kier alpha value is -1.65. The first-order chi connectivity index (χ1) is 16.8. The summed E-state index contributed by atoms with van der Waals surface area (Å²) in [5, 5.41) is 33.4. The average molecular weight is 524 g/mol. The molecule has 2 saturated heterocycles. The lowest BCUT2D eigenvalue weighted by Crippen LogP contribution is -2.45. The third kappa shape index (κ3) is 6.61. The number of esters is 1. The monoisotopic (exact) mass is 523 g/mol. The molecule has 3 N–H and O–H groups in total. The van der Waals surface area contributed by atoms with Crippen LogP contribution < -0.4 is 0 Å². The summed E-state index contributed by atoms with van der Waals surface area (Å²) >= 11 is 1.35. The van der Waals surface area contributed by atoms with E-state index in [4.69, 9.17) is 9.47 Å². The first-order valence-corrected chi connectivity index (χ1v) is 13.7. The summed E-state index contributed by atoms with van der Waals surface area (Å²) in [4.78, 5) is 30.5. The highest BCUT2D eigenvalue weighted by molar-refractivity contribution is 7.09. The van der Waals surface area contributed by atoms with Crippen molar-refractivity contribution in [2.45, 2.75) is 110 Å². The summed E-state index contributed by atoms with van der Waals surface area (Å²) in [6.45, 7) is 10.6. The molecule has 202 valence electrons. The Morgan fingerprint density at radius 3 is 2.58 bits per heavy atom. The molecule has 0 aliphatic carbocycles. The van der Waals surface area contributed by atoms with Gasteiger partial charge in [0.05, 0.1) is 48.0 Å². The smallest absolute Gasteiger partial charge is 0.309 e. The lowest BCUT2D eigenvalue weighted by Gasteiger charge is -2.34. The van der Waals surface area contributed by atoms with Crippen LogP contribution in [0.15, 0.2) is 11.0 Å². The molecule has 2 aliphatic rings. The standard InChI is InChI=1S/C27H41NO7S/c1-15-8-7-9-27(6)21(35-27)11-19(16(2)10-18-14-36-22(13-29)28-18)34-23(31)12-20(30)26(4,5)25(33)17(3)24(15)32/h10,14-15,17,19-21,24,29-30,32H,7-9,11-13H2,1-6H3/t15-,17+,19-,20-,21-,24-,27?/m0/s1. The fourth-order valence-electron chi connectivity index (χ4n) is 5.08. The molecule has 3 heterocycles. The van der Waals surface area contributed by atoms with Gasteiger partial charge in [-0.3, -0.25) is 9.59 Å². The van der Waals surface area contributed by atoms with E-state index in [1.54, 1.807) is 20.8 Å². The Morgan fingerprint density at radius 2 is 1.94 bits per heavy atom. The predicted octanol–water partition coefficient (Wildman–Crippen LogP) is 3.66. The van der Waals surface area contributed by atoms with Crippen LogP contribution in [0.5, 0.6) is 0 Å². The van der Waals surface area contributed by atoms with Crippen LogP contribution in [0.3, 0.4) is 0 Å². The normalized spacial score (nSPS) is 36.8. The molecule has 36 heavy (non-hydrogen) atoms. The largest absolute Gasteiger partial charge is 0.458 e. The van der Waals surface area contributed by atoms with Crippen molar-refractivity contribution in [2.75, 3.05) is 0 Å². The number of thiazole rings is 1. The predicted molar refractivity (Wildman–Crippen MR) is 137 cm³/mol. The number of aromatic nitrogens is 1. The van der Waals surface area contributed by atoms with Gasteiger partial charge in [-0.15, -0.1) is 11.3 Å². The second-order valence-corrected chi connectivity index (χ2v) is 12.2. The lowest BCUT2D eigenvalue weighted by molar-refractivity contribution is -0.154. The van der Waals surface area contributed by atoms with Gasteiger partial charge in [-0.05, 0) is 44.3 Å². The molecule has 8 nitrogen and oxygen atoms in total. The fraction of sp³-hybridized carbons (Fsp3) is 0.741. The number of aliphatic hydroxyl groups excluding tert-OH is 3. The molecule has 0 saturated carbocycles. The van der Waals surface area contributed by atoms with Crippen molar-refractivity contribution in [3.8, 4) is 0 Å². The number of rotatable bonds is 3. The highest BCUT2D eigenvalue weighted by Gasteiger charge is 2.53. The fourth-order valence-corrected chi connectivity index (χ4v) is 5.69. The molecule has 0 spiro atoms. The molecule has 1 aromatic heterocycles. The van der Waals surface area contributed by atoms with Gasteiger partial charge in [0.1, 0.15) is 16.9 Å². The highest BCUT2D eigenvalue weighted by atomic mass is 32.1. The second-order valence-electron chi connectivity index (χ2n) is 11.3. The third-order valence-electron chi connectivity index (χ3n) is 8.00. The molecule has 0 aromatic carbocycles. The number of nitrogens with zero attached hydrogens (tertiary/aromatic N) is 1. The number of ether oxygens (including phenoxy) is 2. The van der Waals surface area contributed by atoms with Crippen LogP contribution in [0, 0.1) is 17.3 Å². The number of epoxide rings is 1. The molecular weight excluding hydrogens is 482 g/mol. The number of hydrogen-bond acceptors (Lipinski definition) is 9. The van der Waals surface area contributed by atoms with E-state index >= 15 is 0 Å². The van der Waals surface area contributed by atoms with Crippen molar-refractivity contribution in [2.24, 2.45) is 17.3 Å². The Morgan fingerprint density at radius 1 is 1.25 bits per heavy atom. The van der Waals surface area contributed by atoms with E-state index in [1.165, 1.54) is 11.3 Å². The molecule has 0 bridgehead atoms. The van der Waals surface area contributed by atoms with Crippen LogP contribution in [-0.2, 0) is 25.7 Å². The van der Waals surface area contributed by atoms with Gasteiger partial charge in [0.15, 0.2) is 0 Å². The Labute approximate surface area is 217 Å². The SMILES string of the molecule is CC(=Cc1csc(CO)n1)[C@@H]1C[C@@H]2OC2(C)CCC[C@H](C)[C@H](O)[C@@H](C)C(=O)C(C)(C)[C@@H](O)CC(=O)O1. The molecule has 9 heteroatoms. The van der Waals surface area contributed by atoms with Gasteiger partial charge in [0, 0.05) is 17.7 Å². The molecule has 2 fully saturated rings. The van der Waals surface area contributed by atoms with Crippen molar-refractivity contribution in [1.82, 2.24) is 4.98 Å². The number of cyclic esters (lactones) is 1. The maximum Gasteiger partial charge on any atom is 0.309 e. The van der Waals surface area contributed by atoms with Crippen molar-refractivity contribution < 1.29 is 34.4 Å². The Kier molecular flexibility index (Phi) is 9.15. The zero-order valence-corrected chi connectivity index (χ0v) is 23.0. The number of hydrogen-bond donors (Lipinski definition) is 3. The number of Topliss-reactive ketones (excluding diaryl/α,β-unsaturated/α-hetero) is 1. The van der Waals surface area contributed by atoms with Crippen LogP contribution in [0.1, 0.15) is 84.3 Å². The van der Waals surface area contributed by atoms with Crippen LogP contribution in [-0.4, -0.2) is 62.1 Å². The maximum absolute atomic E-state index is 13.2. The van der Waals surface area contributed by atoms with Crippen LogP contribution in [0.25, 0.3) is 6.08 Å². The highest BCUT2D eigenvalue weighted by Crippen LogP contribution is 2.45. The lowest BCUT2D eigenvalue weighted by atomic mass is 9.73. The Balaban J connectivity index is 1.85. The van der Waals surface area contributed by atoms with Gasteiger partial charge in [0.25, 0.3) is 0 Å². The summed E-state index contributed by atoms with van der Waals surface area (Å²) < 4.78 is 11.9. The van der Waals surface area contributed by atoms with Gasteiger partial charge in [-0.1, -0.05) is 34.1 Å². The molecular formula is C27H41NO7S. The van der Waals surface area contributed by atoms with Crippen molar-refractivity contribution in [3.63, 3.8) is 0 Å². The first-order valence-electron chi connectivity index (χ1n) is 12.8. The summed E-state index contributed by atoms with van der Waals surface area (Å²) in [6.07, 6.45) is 1.60. The summed E-state index contributed by atoms with van der Waals surface area (Å²) in [5.74, 6) is -1.64. The number of carbonyl (C=O) groups is 2. The number of carbonyl (C=O) groups excluding carboxylic acids is 2. The van der Waals surface area contributed by atoms with E-state index in [2.05, 4.69) is 4.98 Å². The third-order valence-corrected chi connectivity index (χ3v) is 8.85. The number of ketones is 1. The molecule has 0 radical (unpaired) electrons. The molecule has 1 aromatic rings. The molecule has 0 amide bonds. The van der Waals surface area contributed by atoms with E-state index in [1.807, 2.05) is 32.2 Å². The van der Waals surface area contributed by atoms with Gasteiger partial charge in [-0.2, -0.15) is 0 Å². The number of fused-ring (bicyclic) bond motifs is 1. The minimum Gasteiger partial charge on any atom is -0.458 e. The molecule has 1 unspecified atom stereocenters. The van der Waals surface area contributed by atoms with E-state index in [9.17, 15) is 24.9 Å². The van der Waals surface area contributed by atoms with Gasteiger partial charge >= 0.3 is 5.97 Å². The van der Waals surface area contributed by atoms with Crippen LogP contribution >= 0.6 is 11.3 Å². The van der Waals surface area contributed by atoms with Crippen LogP contribution in [0.2, 0.25) is 0 Å². The second kappa shape index (κ2) is 11.4.